The van der Waals surface area contributed by atoms with Gasteiger partial charge in [0.05, 0.1) is 17.3 Å². The van der Waals surface area contributed by atoms with Crippen molar-refractivity contribution in [2.45, 2.75) is 13.0 Å². The van der Waals surface area contributed by atoms with Gasteiger partial charge in [-0.05, 0) is 18.6 Å². The molecule has 4 heteroatoms. The molecule has 1 unspecified atom stereocenters. The fourth-order valence-electron chi connectivity index (χ4n) is 1.22. The quantitative estimate of drug-likeness (QED) is 0.707. The predicted octanol–water partition coefficient (Wildman–Crippen LogP) is 1.27. The Hall–Kier alpha value is -1.68. The Balaban J connectivity index is 3.35. The third kappa shape index (κ3) is 1.80. The van der Waals surface area contributed by atoms with E-state index in [1.54, 1.807) is 19.2 Å². The van der Waals surface area contributed by atoms with Crippen molar-refractivity contribution in [1.82, 2.24) is 4.98 Å². The van der Waals surface area contributed by atoms with Gasteiger partial charge in [-0.2, -0.15) is 0 Å². The predicted molar refractivity (Wildman–Crippen MR) is 53.1 cm³/mol. The van der Waals surface area contributed by atoms with E-state index in [9.17, 15) is 4.79 Å². The van der Waals surface area contributed by atoms with Crippen LogP contribution in [0.5, 0.6) is 0 Å². The van der Waals surface area contributed by atoms with Crippen LogP contribution in [0, 0.1) is 6.92 Å². The summed E-state index contributed by atoms with van der Waals surface area (Å²) in [4.78, 5) is 14.9. The minimum absolute atomic E-state index is 0.167. The number of carboxylic acid groups (broad SMARTS) is 1. The molecule has 0 saturated carbocycles. The third-order valence-corrected chi connectivity index (χ3v) is 1.97. The van der Waals surface area contributed by atoms with E-state index in [1.807, 2.05) is 0 Å². The molecular weight excluding hydrogens is 180 g/mol. The second-order valence-electron chi connectivity index (χ2n) is 2.95. The molecule has 0 radical (unpaired) electrons. The Morgan fingerprint density at radius 1 is 1.79 bits per heavy atom. The van der Waals surface area contributed by atoms with E-state index in [0.29, 0.717) is 11.3 Å². The van der Waals surface area contributed by atoms with E-state index in [4.69, 9.17) is 10.8 Å². The number of pyridine rings is 1. The number of carboxylic acids is 1. The van der Waals surface area contributed by atoms with Crippen LogP contribution in [0.4, 0.5) is 0 Å². The molecule has 0 aliphatic carbocycles. The smallest absolute Gasteiger partial charge is 0.337 e. The zero-order valence-corrected chi connectivity index (χ0v) is 7.90. The fourth-order valence-corrected chi connectivity index (χ4v) is 1.22. The van der Waals surface area contributed by atoms with Crippen LogP contribution in [-0.4, -0.2) is 16.1 Å². The lowest BCUT2D eigenvalue weighted by Gasteiger charge is -2.10. The van der Waals surface area contributed by atoms with Gasteiger partial charge in [0.15, 0.2) is 0 Å². The van der Waals surface area contributed by atoms with Crippen LogP contribution in [0.1, 0.15) is 27.7 Å². The Bertz CT molecular complexity index is 374. The van der Waals surface area contributed by atoms with Crippen LogP contribution in [0.25, 0.3) is 0 Å². The molecule has 74 valence electrons. The van der Waals surface area contributed by atoms with Crippen molar-refractivity contribution >= 4 is 5.97 Å². The van der Waals surface area contributed by atoms with Crippen LogP contribution >= 0.6 is 0 Å². The first-order chi connectivity index (χ1) is 6.57. The summed E-state index contributed by atoms with van der Waals surface area (Å²) in [5, 5.41) is 8.96. The number of carbonyl (C=O) groups is 1. The van der Waals surface area contributed by atoms with Crippen molar-refractivity contribution in [3.8, 4) is 0 Å². The summed E-state index contributed by atoms with van der Waals surface area (Å²) in [5.74, 6) is -1.01. The molecular formula is C10H12N2O2. The van der Waals surface area contributed by atoms with E-state index in [2.05, 4.69) is 11.6 Å². The number of hydrogen-bond acceptors (Lipinski definition) is 3. The minimum Gasteiger partial charge on any atom is -0.478 e. The third-order valence-electron chi connectivity index (χ3n) is 1.97. The Kier molecular flexibility index (Phi) is 2.99. The highest BCUT2D eigenvalue weighted by Crippen LogP contribution is 2.17. The average molecular weight is 192 g/mol. The lowest BCUT2D eigenvalue weighted by Crippen LogP contribution is -2.15. The number of rotatable bonds is 3. The summed E-state index contributed by atoms with van der Waals surface area (Å²) in [7, 11) is 0. The van der Waals surface area contributed by atoms with Crippen molar-refractivity contribution in [1.29, 1.82) is 0 Å². The normalized spacial score (nSPS) is 12.1. The van der Waals surface area contributed by atoms with Gasteiger partial charge in [0.1, 0.15) is 0 Å². The molecule has 0 spiro atoms. The van der Waals surface area contributed by atoms with Gasteiger partial charge in [-0.15, -0.1) is 6.58 Å². The number of aryl methyl sites for hydroxylation is 1. The maximum atomic E-state index is 10.9. The summed E-state index contributed by atoms with van der Waals surface area (Å²) in [6, 6.07) is 1.10. The molecule has 1 aromatic heterocycles. The van der Waals surface area contributed by atoms with Crippen molar-refractivity contribution in [3.63, 3.8) is 0 Å². The van der Waals surface area contributed by atoms with E-state index in [1.165, 1.54) is 6.08 Å². The second kappa shape index (κ2) is 4.02. The van der Waals surface area contributed by atoms with Gasteiger partial charge in [0.25, 0.3) is 0 Å². The summed E-state index contributed by atoms with van der Waals surface area (Å²) in [5.41, 5.74) is 6.83. The van der Waals surface area contributed by atoms with Crippen molar-refractivity contribution in [3.05, 3.63) is 41.7 Å². The monoisotopic (exact) mass is 192 g/mol. The van der Waals surface area contributed by atoms with Crippen LogP contribution in [0.3, 0.4) is 0 Å². The summed E-state index contributed by atoms with van der Waals surface area (Å²) in [6.45, 7) is 5.22. The maximum absolute atomic E-state index is 10.9. The highest BCUT2D eigenvalue weighted by molar-refractivity contribution is 5.90. The van der Waals surface area contributed by atoms with Gasteiger partial charge < -0.3 is 10.8 Å². The standard InChI is InChI=1S/C10H12N2O2/c1-3-7(11)9-8(10(13)14)6(2)4-5-12-9/h3-5,7H,1,11H2,2H3,(H,13,14). The summed E-state index contributed by atoms with van der Waals surface area (Å²) < 4.78 is 0. The molecule has 0 aliphatic rings. The molecule has 1 atom stereocenters. The van der Waals surface area contributed by atoms with Crippen molar-refractivity contribution in [2.24, 2.45) is 5.73 Å². The molecule has 1 rings (SSSR count). The van der Waals surface area contributed by atoms with E-state index in [-0.39, 0.29) is 5.56 Å². The lowest BCUT2D eigenvalue weighted by molar-refractivity contribution is 0.0694. The molecule has 0 aromatic carbocycles. The van der Waals surface area contributed by atoms with Crippen molar-refractivity contribution < 1.29 is 9.90 Å². The number of aromatic carboxylic acids is 1. The fraction of sp³-hybridized carbons (Fsp3) is 0.200. The molecule has 0 fully saturated rings. The van der Waals surface area contributed by atoms with Gasteiger partial charge >= 0.3 is 5.97 Å². The van der Waals surface area contributed by atoms with Crippen LogP contribution in [-0.2, 0) is 0 Å². The minimum atomic E-state index is -1.01. The summed E-state index contributed by atoms with van der Waals surface area (Å²) in [6.07, 6.45) is 3.01. The molecule has 1 aromatic rings. The molecule has 0 amide bonds. The SMILES string of the molecule is C=CC(N)c1nccc(C)c1C(=O)O. The van der Waals surface area contributed by atoms with Gasteiger partial charge in [0, 0.05) is 6.20 Å². The van der Waals surface area contributed by atoms with E-state index in [0.717, 1.165) is 0 Å². The van der Waals surface area contributed by atoms with Crippen LogP contribution in [0.15, 0.2) is 24.9 Å². The van der Waals surface area contributed by atoms with Gasteiger partial charge in [0.2, 0.25) is 0 Å². The van der Waals surface area contributed by atoms with Crippen LogP contribution < -0.4 is 5.73 Å². The molecule has 0 saturated heterocycles. The molecule has 4 nitrogen and oxygen atoms in total. The molecule has 1 heterocycles. The largest absolute Gasteiger partial charge is 0.478 e. The van der Waals surface area contributed by atoms with Gasteiger partial charge in [-0.1, -0.05) is 6.08 Å². The van der Waals surface area contributed by atoms with E-state index >= 15 is 0 Å². The average Bonchev–Trinajstić information content (AvgIpc) is 2.15. The Morgan fingerprint density at radius 2 is 2.43 bits per heavy atom. The number of hydrogen-bond donors (Lipinski definition) is 2. The van der Waals surface area contributed by atoms with Crippen LogP contribution in [0.2, 0.25) is 0 Å². The van der Waals surface area contributed by atoms with Gasteiger partial charge in [-0.3, -0.25) is 4.98 Å². The molecule has 0 aliphatic heterocycles. The van der Waals surface area contributed by atoms with Crippen molar-refractivity contribution in [2.75, 3.05) is 0 Å². The zero-order chi connectivity index (χ0) is 10.7. The Morgan fingerprint density at radius 3 is 2.93 bits per heavy atom. The summed E-state index contributed by atoms with van der Waals surface area (Å²) >= 11 is 0. The number of aromatic nitrogens is 1. The lowest BCUT2D eigenvalue weighted by atomic mass is 10.0. The maximum Gasteiger partial charge on any atom is 0.337 e. The highest BCUT2D eigenvalue weighted by Gasteiger charge is 2.17. The first kappa shape index (κ1) is 10.4. The highest BCUT2D eigenvalue weighted by atomic mass is 16.4. The molecule has 14 heavy (non-hydrogen) atoms. The molecule has 3 N–H and O–H groups in total. The number of nitrogens with two attached hydrogens (primary N) is 1. The van der Waals surface area contributed by atoms with E-state index < -0.39 is 12.0 Å². The number of nitrogens with zero attached hydrogens (tertiary/aromatic N) is 1. The zero-order valence-electron chi connectivity index (χ0n) is 7.90. The first-order valence-electron chi connectivity index (χ1n) is 4.15. The first-order valence-corrected chi connectivity index (χ1v) is 4.15. The molecule has 0 bridgehead atoms. The van der Waals surface area contributed by atoms with Gasteiger partial charge in [-0.25, -0.2) is 4.79 Å². The topological polar surface area (TPSA) is 76.2 Å². The second-order valence-corrected chi connectivity index (χ2v) is 2.95. The Labute approximate surface area is 82.1 Å².